The smallest absolute Gasteiger partial charge is 0.335 e. The van der Waals surface area contributed by atoms with Gasteiger partial charge in [0, 0.05) is 23.1 Å². The normalized spacial score (nSPS) is 10.3. The summed E-state index contributed by atoms with van der Waals surface area (Å²) in [4.78, 5) is 19.5. The summed E-state index contributed by atoms with van der Waals surface area (Å²) in [6.07, 6.45) is 0. The zero-order chi connectivity index (χ0) is 17.8. The summed E-state index contributed by atoms with van der Waals surface area (Å²) < 4.78 is 13.0. The van der Waals surface area contributed by atoms with Gasteiger partial charge in [0.25, 0.3) is 0 Å². The Morgan fingerprint density at radius 3 is 2.20 bits per heavy atom. The fourth-order valence-corrected chi connectivity index (χ4v) is 2.19. The molecule has 0 atom stereocenters. The second-order valence-corrected chi connectivity index (χ2v) is 5.36. The van der Waals surface area contributed by atoms with Crippen LogP contribution in [0.5, 0.6) is 0 Å². The van der Waals surface area contributed by atoms with Crippen LogP contribution in [0.4, 0.5) is 27.5 Å². The van der Waals surface area contributed by atoms with Crippen LogP contribution in [-0.4, -0.2) is 21.0 Å². The number of anilines is 4. The molecular weight excluding hydrogens is 323 g/mol. The van der Waals surface area contributed by atoms with Gasteiger partial charge in [0.2, 0.25) is 5.95 Å². The highest BCUT2D eigenvalue weighted by Crippen LogP contribution is 2.19. The number of aromatic nitrogens is 2. The van der Waals surface area contributed by atoms with E-state index in [4.69, 9.17) is 5.11 Å². The molecule has 25 heavy (non-hydrogen) atoms. The maximum Gasteiger partial charge on any atom is 0.335 e. The highest BCUT2D eigenvalue weighted by molar-refractivity contribution is 5.88. The Labute approximate surface area is 143 Å². The van der Waals surface area contributed by atoms with E-state index in [-0.39, 0.29) is 11.4 Å². The average molecular weight is 338 g/mol. The molecule has 7 heteroatoms. The average Bonchev–Trinajstić information content (AvgIpc) is 2.57. The Kier molecular flexibility index (Phi) is 4.56. The lowest BCUT2D eigenvalue weighted by Crippen LogP contribution is -2.03. The Bertz CT molecular complexity index is 896. The lowest BCUT2D eigenvalue weighted by Gasteiger charge is -2.10. The van der Waals surface area contributed by atoms with Crippen molar-refractivity contribution >= 4 is 29.1 Å². The zero-order valence-corrected chi connectivity index (χ0v) is 13.3. The third-order valence-corrected chi connectivity index (χ3v) is 3.36. The van der Waals surface area contributed by atoms with Gasteiger partial charge in [-0.3, -0.25) is 0 Å². The molecule has 3 rings (SSSR count). The fraction of sp³-hybridized carbons (Fsp3) is 0.0556. The van der Waals surface area contributed by atoms with Crippen LogP contribution in [0.1, 0.15) is 16.1 Å². The SMILES string of the molecule is Cc1cc(Nc2ccc(C(=O)O)cc2)nc(Nc2ccc(F)cc2)n1. The third kappa shape index (κ3) is 4.29. The van der Waals surface area contributed by atoms with Crippen LogP contribution in [0, 0.1) is 12.7 Å². The predicted molar refractivity (Wildman–Crippen MR) is 93.1 cm³/mol. The molecule has 0 aliphatic rings. The van der Waals surface area contributed by atoms with Gasteiger partial charge < -0.3 is 15.7 Å². The highest BCUT2D eigenvalue weighted by atomic mass is 19.1. The first-order valence-electron chi connectivity index (χ1n) is 7.48. The number of benzene rings is 2. The van der Waals surface area contributed by atoms with Crippen LogP contribution in [-0.2, 0) is 0 Å². The fourth-order valence-electron chi connectivity index (χ4n) is 2.19. The van der Waals surface area contributed by atoms with E-state index in [1.165, 1.54) is 24.3 Å². The summed E-state index contributed by atoms with van der Waals surface area (Å²) in [5.74, 6) is -0.366. The monoisotopic (exact) mass is 338 g/mol. The minimum Gasteiger partial charge on any atom is -0.478 e. The predicted octanol–water partition coefficient (Wildman–Crippen LogP) is 4.11. The first kappa shape index (κ1) is 16.4. The second kappa shape index (κ2) is 6.96. The molecule has 0 spiro atoms. The second-order valence-electron chi connectivity index (χ2n) is 5.36. The first-order valence-corrected chi connectivity index (χ1v) is 7.48. The Morgan fingerprint density at radius 2 is 1.56 bits per heavy atom. The van der Waals surface area contributed by atoms with Gasteiger partial charge in [0.05, 0.1) is 5.56 Å². The number of nitrogens with zero attached hydrogens (tertiary/aromatic N) is 2. The summed E-state index contributed by atoms with van der Waals surface area (Å²) in [7, 11) is 0. The number of carboxylic acids is 1. The minimum absolute atomic E-state index is 0.211. The molecule has 0 unspecified atom stereocenters. The van der Waals surface area contributed by atoms with E-state index in [9.17, 15) is 9.18 Å². The van der Waals surface area contributed by atoms with Crippen LogP contribution < -0.4 is 10.6 Å². The zero-order valence-electron chi connectivity index (χ0n) is 13.3. The van der Waals surface area contributed by atoms with Gasteiger partial charge in [0.1, 0.15) is 11.6 Å². The van der Waals surface area contributed by atoms with Crippen LogP contribution in [0.3, 0.4) is 0 Å². The summed E-state index contributed by atoms with van der Waals surface area (Å²) in [5, 5.41) is 15.0. The lowest BCUT2D eigenvalue weighted by molar-refractivity contribution is 0.0697. The quantitative estimate of drug-likeness (QED) is 0.649. The van der Waals surface area contributed by atoms with E-state index in [2.05, 4.69) is 20.6 Å². The van der Waals surface area contributed by atoms with E-state index in [0.29, 0.717) is 23.1 Å². The first-order chi connectivity index (χ1) is 12.0. The number of carbonyl (C=O) groups is 1. The molecule has 2 aromatic carbocycles. The van der Waals surface area contributed by atoms with E-state index >= 15 is 0 Å². The largest absolute Gasteiger partial charge is 0.478 e. The number of aryl methyl sites for hydroxylation is 1. The van der Waals surface area contributed by atoms with E-state index in [1.807, 2.05) is 6.92 Å². The van der Waals surface area contributed by atoms with Gasteiger partial charge in [-0.15, -0.1) is 0 Å². The van der Waals surface area contributed by atoms with Crippen molar-refractivity contribution in [3.8, 4) is 0 Å². The summed E-state index contributed by atoms with van der Waals surface area (Å²) in [6, 6.07) is 14.0. The number of rotatable bonds is 5. The Balaban J connectivity index is 1.79. The maximum absolute atomic E-state index is 13.0. The van der Waals surface area contributed by atoms with E-state index in [0.717, 1.165) is 5.69 Å². The van der Waals surface area contributed by atoms with Crippen molar-refractivity contribution in [3.05, 3.63) is 71.7 Å². The van der Waals surface area contributed by atoms with Crippen LogP contribution >= 0.6 is 0 Å². The molecule has 0 fully saturated rings. The molecule has 0 bridgehead atoms. The molecule has 1 aromatic heterocycles. The summed E-state index contributed by atoms with van der Waals surface area (Å²) >= 11 is 0. The minimum atomic E-state index is -0.977. The maximum atomic E-state index is 13.0. The molecule has 0 radical (unpaired) electrons. The van der Waals surface area contributed by atoms with Crippen molar-refractivity contribution in [1.82, 2.24) is 9.97 Å². The molecule has 3 N–H and O–H groups in total. The molecule has 0 aliphatic heterocycles. The summed E-state index contributed by atoms with van der Waals surface area (Å²) in [6.45, 7) is 1.83. The molecule has 3 aromatic rings. The van der Waals surface area contributed by atoms with Crippen LogP contribution in [0.15, 0.2) is 54.6 Å². The van der Waals surface area contributed by atoms with Gasteiger partial charge in [-0.2, -0.15) is 4.98 Å². The third-order valence-electron chi connectivity index (χ3n) is 3.36. The van der Waals surface area contributed by atoms with Crippen molar-refractivity contribution in [3.63, 3.8) is 0 Å². The highest BCUT2D eigenvalue weighted by Gasteiger charge is 2.05. The molecule has 0 aliphatic carbocycles. The molecule has 1 heterocycles. The van der Waals surface area contributed by atoms with Crippen molar-refractivity contribution in [2.45, 2.75) is 6.92 Å². The molecule has 0 saturated carbocycles. The van der Waals surface area contributed by atoms with Crippen LogP contribution in [0.25, 0.3) is 0 Å². The molecule has 0 saturated heterocycles. The van der Waals surface area contributed by atoms with E-state index in [1.54, 1.807) is 30.3 Å². The van der Waals surface area contributed by atoms with Crippen molar-refractivity contribution in [2.24, 2.45) is 0 Å². The van der Waals surface area contributed by atoms with Crippen molar-refractivity contribution in [1.29, 1.82) is 0 Å². The van der Waals surface area contributed by atoms with Gasteiger partial charge >= 0.3 is 5.97 Å². The Morgan fingerprint density at radius 1 is 0.960 bits per heavy atom. The Hall–Kier alpha value is -3.48. The molecule has 6 nitrogen and oxygen atoms in total. The lowest BCUT2D eigenvalue weighted by atomic mass is 10.2. The number of hydrogen-bond acceptors (Lipinski definition) is 5. The molecule has 126 valence electrons. The van der Waals surface area contributed by atoms with Gasteiger partial charge in [0.15, 0.2) is 0 Å². The number of hydrogen-bond donors (Lipinski definition) is 3. The standard InChI is InChI=1S/C18H15FN4O2/c1-11-10-16(21-14-6-2-12(3-7-14)17(24)25)23-18(20-11)22-15-8-4-13(19)5-9-15/h2-10H,1H3,(H,24,25)(H2,20,21,22,23). The van der Waals surface area contributed by atoms with Crippen LogP contribution in [0.2, 0.25) is 0 Å². The van der Waals surface area contributed by atoms with Crippen molar-refractivity contribution < 1.29 is 14.3 Å². The van der Waals surface area contributed by atoms with E-state index < -0.39 is 5.97 Å². The number of aromatic carboxylic acids is 1. The topological polar surface area (TPSA) is 87.1 Å². The number of halogens is 1. The van der Waals surface area contributed by atoms with Gasteiger partial charge in [-0.1, -0.05) is 0 Å². The molecular formula is C18H15FN4O2. The molecule has 0 amide bonds. The number of nitrogens with one attached hydrogen (secondary N) is 2. The van der Waals surface area contributed by atoms with Crippen molar-refractivity contribution in [2.75, 3.05) is 10.6 Å². The van der Waals surface area contributed by atoms with Gasteiger partial charge in [-0.05, 0) is 55.5 Å². The summed E-state index contributed by atoms with van der Waals surface area (Å²) in [5.41, 5.74) is 2.33. The van der Waals surface area contributed by atoms with Gasteiger partial charge in [-0.25, -0.2) is 14.2 Å². The number of carboxylic acid groups (broad SMARTS) is 1.